The Balaban J connectivity index is 0.00000280. The summed E-state index contributed by atoms with van der Waals surface area (Å²) in [7, 11) is 5.49. The summed E-state index contributed by atoms with van der Waals surface area (Å²) in [6.45, 7) is 5.32. The second-order valence-corrected chi connectivity index (χ2v) is 6.87. The van der Waals surface area contributed by atoms with Gasteiger partial charge in [-0.05, 0) is 17.7 Å². The maximum atomic E-state index is 5.59. The zero-order chi connectivity index (χ0) is 19.1. The molecule has 7 heteroatoms. The van der Waals surface area contributed by atoms with Crippen LogP contribution in [0.3, 0.4) is 0 Å². The zero-order valence-corrected chi connectivity index (χ0v) is 17.7. The van der Waals surface area contributed by atoms with Crippen LogP contribution in [0.15, 0.2) is 42.6 Å². The molecular formula is C21H31ClN4O2. The average molecular weight is 407 g/mol. The van der Waals surface area contributed by atoms with Crippen molar-refractivity contribution in [3.63, 3.8) is 0 Å². The van der Waals surface area contributed by atoms with E-state index in [9.17, 15) is 0 Å². The van der Waals surface area contributed by atoms with Crippen molar-refractivity contribution < 1.29 is 9.47 Å². The number of nitrogens with zero attached hydrogens (tertiary/aromatic N) is 3. The molecule has 0 amide bonds. The SMILES string of the molecule is COCCN(C)c1ccc(CN2CCNCC2c2ccccc2OC)cn1.Cl. The first-order valence-electron chi connectivity index (χ1n) is 9.45. The van der Waals surface area contributed by atoms with Gasteiger partial charge >= 0.3 is 0 Å². The highest BCUT2D eigenvalue weighted by Gasteiger charge is 2.26. The summed E-state index contributed by atoms with van der Waals surface area (Å²) in [5.74, 6) is 1.92. The molecule has 1 unspecified atom stereocenters. The Bertz CT molecular complexity index is 714. The molecule has 1 aromatic carbocycles. The number of ether oxygens (including phenoxy) is 2. The third kappa shape index (κ3) is 5.58. The van der Waals surface area contributed by atoms with E-state index >= 15 is 0 Å². The minimum Gasteiger partial charge on any atom is -0.496 e. The van der Waals surface area contributed by atoms with E-state index < -0.39 is 0 Å². The Kier molecular flexibility index (Phi) is 8.99. The molecule has 0 radical (unpaired) electrons. The number of aromatic nitrogens is 1. The molecule has 0 bridgehead atoms. The van der Waals surface area contributed by atoms with E-state index in [1.165, 1.54) is 11.1 Å². The number of piperazine rings is 1. The monoisotopic (exact) mass is 406 g/mol. The Morgan fingerprint density at radius 1 is 1.21 bits per heavy atom. The van der Waals surface area contributed by atoms with E-state index in [1.807, 2.05) is 25.4 Å². The highest BCUT2D eigenvalue weighted by Crippen LogP contribution is 2.31. The average Bonchev–Trinajstić information content (AvgIpc) is 2.73. The predicted octanol–water partition coefficient (Wildman–Crippen LogP) is 2.74. The van der Waals surface area contributed by atoms with Crippen LogP contribution in [0.25, 0.3) is 0 Å². The molecule has 1 N–H and O–H groups in total. The Hall–Kier alpha value is -1.86. The van der Waals surface area contributed by atoms with Crippen LogP contribution in [0.4, 0.5) is 5.82 Å². The highest BCUT2D eigenvalue weighted by molar-refractivity contribution is 5.85. The van der Waals surface area contributed by atoms with Crippen LogP contribution in [-0.4, -0.2) is 63.9 Å². The Morgan fingerprint density at radius 3 is 2.75 bits per heavy atom. The number of benzene rings is 1. The third-order valence-corrected chi connectivity index (χ3v) is 5.07. The molecule has 2 heterocycles. The van der Waals surface area contributed by atoms with E-state index in [-0.39, 0.29) is 12.4 Å². The standard InChI is InChI=1S/C21H30N4O2.ClH/c1-24(12-13-26-2)21-9-8-17(14-23-21)16-25-11-10-22-15-19(25)18-6-4-5-7-20(18)27-3;/h4-9,14,19,22H,10-13,15-16H2,1-3H3;1H. The molecule has 1 atom stereocenters. The number of hydrogen-bond donors (Lipinski definition) is 1. The largest absolute Gasteiger partial charge is 0.496 e. The van der Waals surface area contributed by atoms with Crippen molar-refractivity contribution in [2.24, 2.45) is 0 Å². The van der Waals surface area contributed by atoms with Crippen molar-refractivity contribution in [2.75, 3.05) is 59.0 Å². The third-order valence-electron chi connectivity index (χ3n) is 5.07. The van der Waals surface area contributed by atoms with Crippen molar-refractivity contribution >= 4 is 18.2 Å². The van der Waals surface area contributed by atoms with Gasteiger partial charge in [0.05, 0.1) is 19.8 Å². The van der Waals surface area contributed by atoms with Crippen LogP contribution in [0.2, 0.25) is 0 Å². The molecule has 28 heavy (non-hydrogen) atoms. The number of pyridine rings is 1. The van der Waals surface area contributed by atoms with E-state index in [1.54, 1.807) is 14.2 Å². The molecule has 1 aliphatic rings. The summed E-state index contributed by atoms with van der Waals surface area (Å²) in [4.78, 5) is 9.24. The predicted molar refractivity (Wildman–Crippen MR) is 116 cm³/mol. The summed E-state index contributed by atoms with van der Waals surface area (Å²) in [5, 5.41) is 3.51. The molecule has 2 aromatic rings. The van der Waals surface area contributed by atoms with Gasteiger partial charge in [-0.2, -0.15) is 0 Å². The number of methoxy groups -OCH3 is 2. The lowest BCUT2D eigenvalue weighted by atomic mass is 10.0. The second kappa shape index (κ2) is 11.2. The van der Waals surface area contributed by atoms with Crippen LogP contribution >= 0.6 is 12.4 Å². The van der Waals surface area contributed by atoms with Crippen molar-refractivity contribution in [1.29, 1.82) is 0 Å². The van der Waals surface area contributed by atoms with Gasteiger partial charge in [0.2, 0.25) is 0 Å². The van der Waals surface area contributed by atoms with Gasteiger partial charge in [-0.1, -0.05) is 24.3 Å². The first kappa shape index (κ1) is 22.4. The minimum atomic E-state index is 0. The van der Waals surface area contributed by atoms with Gasteiger partial charge in [0.15, 0.2) is 0 Å². The Labute approximate surface area is 174 Å². The van der Waals surface area contributed by atoms with Gasteiger partial charge in [0, 0.05) is 58.6 Å². The van der Waals surface area contributed by atoms with Gasteiger partial charge in [-0.25, -0.2) is 4.98 Å². The van der Waals surface area contributed by atoms with Crippen molar-refractivity contribution in [2.45, 2.75) is 12.6 Å². The molecule has 6 nitrogen and oxygen atoms in total. The number of nitrogens with one attached hydrogen (secondary N) is 1. The summed E-state index contributed by atoms with van der Waals surface area (Å²) in [6, 6.07) is 12.9. The lowest BCUT2D eigenvalue weighted by Gasteiger charge is -2.37. The summed E-state index contributed by atoms with van der Waals surface area (Å²) < 4.78 is 10.7. The quantitative estimate of drug-likeness (QED) is 0.727. The van der Waals surface area contributed by atoms with Crippen molar-refractivity contribution in [3.8, 4) is 5.75 Å². The lowest BCUT2D eigenvalue weighted by molar-refractivity contribution is 0.151. The lowest BCUT2D eigenvalue weighted by Crippen LogP contribution is -2.45. The topological polar surface area (TPSA) is 49.9 Å². The molecule has 0 aliphatic carbocycles. The maximum absolute atomic E-state index is 5.59. The van der Waals surface area contributed by atoms with E-state index in [2.05, 4.69) is 44.4 Å². The summed E-state index contributed by atoms with van der Waals surface area (Å²) >= 11 is 0. The van der Waals surface area contributed by atoms with E-state index in [4.69, 9.17) is 9.47 Å². The van der Waals surface area contributed by atoms with Crippen LogP contribution in [0.5, 0.6) is 5.75 Å². The molecule has 3 rings (SSSR count). The first-order chi connectivity index (χ1) is 13.2. The van der Waals surface area contributed by atoms with Gasteiger partial charge in [-0.3, -0.25) is 4.90 Å². The molecular weight excluding hydrogens is 376 g/mol. The molecule has 0 saturated carbocycles. The fraction of sp³-hybridized carbons (Fsp3) is 0.476. The number of halogens is 1. The molecule has 154 valence electrons. The number of likely N-dealkylation sites (N-methyl/N-ethyl adjacent to an activating group) is 1. The maximum Gasteiger partial charge on any atom is 0.128 e. The summed E-state index contributed by atoms with van der Waals surface area (Å²) in [6.07, 6.45) is 1.99. The van der Waals surface area contributed by atoms with Crippen LogP contribution in [0, 0.1) is 0 Å². The van der Waals surface area contributed by atoms with Gasteiger partial charge < -0.3 is 19.7 Å². The summed E-state index contributed by atoms with van der Waals surface area (Å²) in [5.41, 5.74) is 2.46. The fourth-order valence-electron chi connectivity index (χ4n) is 3.50. The van der Waals surface area contributed by atoms with Crippen molar-refractivity contribution in [1.82, 2.24) is 15.2 Å². The minimum absolute atomic E-state index is 0. The molecule has 1 aliphatic heterocycles. The van der Waals surface area contributed by atoms with Crippen molar-refractivity contribution in [3.05, 3.63) is 53.7 Å². The van der Waals surface area contributed by atoms with E-state index in [0.717, 1.165) is 44.3 Å². The molecule has 1 fully saturated rings. The van der Waals surface area contributed by atoms with Gasteiger partial charge in [-0.15, -0.1) is 12.4 Å². The number of hydrogen-bond acceptors (Lipinski definition) is 6. The molecule has 1 aromatic heterocycles. The van der Waals surface area contributed by atoms with Gasteiger partial charge in [0.1, 0.15) is 11.6 Å². The van der Waals surface area contributed by atoms with Crippen LogP contribution in [-0.2, 0) is 11.3 Å². The number of rotatable bonds is 8. The fourth-order valence-corrected chi connectivity index (χ4v) is 3.50. The zero-order valence-electron chi connectivity index (χ0n) is 16.9. The molecule has 0 spiro atoms. The van der Waals surface area contributed by atoms with Gasteiger partial charge in [0.25, 0.3) is 0 Å². The number of para-hydroxylation sites is 1. The Morgan fingerprint density at radius 2 is 2.04 bits per heavy atom. The number of anilines is 1. The first-order valence-corrected chi connectivity index (χ1v) is 9.45. The molecule has 1 saturated heterocycles. The van der Waals surface area contributed by atoms with E-state index in [0.29, 0.717) is 12.6 Å². The smallest absolute Gasteiger partial charge is 0.128 e. The highest BCUT2D eigenvalue weighted by atomic mass is 35.5. The second-order valence-electron chi connectivity index (χ2n) is 6.87. The van der Waals surface area contributed by atoms with Crippen LogP contribution < -0.4 is 15.0 Å². The van der Waals surface area contributed by atoms with Crippen LogP contribution in [0.1, 0.15) is 17.2 Å². The normalized spacial score (nSPS) is 17.0.